The van der Waals surface area contributed by atoms with Crippen molar-refractivity contribution in [1.82, 2.24) is 10.2 Å². The predicted molar refractivity (Wildman–Crippen MR) is 102 cm³/mol. The van der Waals surface area contributed by atoms with Crippen molar-refractivity contribution in [3.05, 3.63) is 71.3 Å². The molecular formula is C20H20N2O3S. The van der Waals surface area contributed by atoms with Crippen molar-refractivity contribution in [3.8, 4) is 0 Å². The lowest BCUT2D eigenvalue weighted by atomic mass is 9.98. The Morgan fingerprint density at radius 3 is 2.58 bits per heavy atom. The summed E-state index contributed by atoms with van der Waals surface area (Å²) in [6.45, 7) is 0.276. The molecule has 6 heteroatoms. The molecular weight excluding hydrogens is 348 g/mol. The van der Waals surface area contributed by atoms with Gasteiger partial charge in [-0.05, 0) is 17.2 Å². The van der Waals surface area contributed by atoms with Crippen molar-refractivity contribution in [2.45, 2.75) is 12.2 Å². The van der Waals surface area contributed by atoms with E-state index in [-0.39, 0.29) is 24.8 Å². The van der Waals surface area contributed by atoms with Gasteiger partial charge >= 0.3 is 0 Å². The maximum Gasteiger partial charge on any atom is 0.261 e. The second kappa shape index (κ2) is 8.67. The highest BCUT2D eigenvalue weighted by molar-refractivity contribution is 7.98. The van der Waals surface area contributed by atoms with Gasteiger partial charge in [-0.1, -0.05) is 48.5 Å². The predicted octanol–water partition coefficient (Wildman–Crippen LogP) is 2.26. The molecule has 0 radical (unpaired) electrons. The highest BCUT2D eigenvalue weighted by Crippen LogP contribution is 2.19. The normalized spacial score (nSPS) is 13.5. The number of nitrogens with one attached hydrogen (secondary N) is 1. The van der Waals surface area contributed by atoms with Gasteiger partial charge in [-0.15, -0.1) is 0 Å². The van der Waals surface area contributed by atoms with Gasteiger partial charge in [-0.3, -0.25) is 19.3 Å². The maximum absolute atomic E-state index is 12.4. The summed E-state index contributed by atoms with van der Waals surface area (Å²) in [7, 11) is 0. The zero-order valence-electron chi connectivity index (χ0n) is 14.3. The van der Waals surface area contributed by atoms with Crippen molar-refractivity contribution < 1.29 is 14.4 Å². The number of fused-ring (bicyclic) bond motifs is 1. The second-order valence-electron chi connectivity index (χ2n) is 6.01. The Morgan fingerprint density at radius 1 is 1.04 bits per heavy atom. The van der Waals surface area contributed by atoms with E-state index in [1.165, 1.54) is 5.56 Å². The van der Waals surface area contributed by atoms with Gasteiger partial charge < -0.3 is 5.32 Å². The van der Waals surface area contributed by atoms with E-state index in [0.717, 1.165) is 22.0 Å². The van der Waals surface area contributed by atoms with E-state index < -0.39 is 5.91 Å². The summed E-state index contributed by atoms with van der Waals surface area (Å²) in [6.07, 6.45) is 0.155. The van der Waals surface area contributed by atoms with E-state index in [9.17, 15) is 14.4 Å². The van der Waals surface area contributed by atoms with Gasteiger partial charge in [0, 0.05) is 23.6 Å². The summed E-state index contributed by atoms with van der Waals surface area (Å²) < 4.78 is 0. The van der Waals surface area contributed by atoms with Crippen LogP contribution >= 0.6 is 11.8 Å². The van der Waals surface area contributed by atoms with Gasteiger partial charge in [0.1, 0.15) is 6.54 Å². The van der Waals surface area contributed by atoms with E-state index in [0.29, 0.717) is 12.1 Å². The molecule has 0 atom stereocenters. The van der Waals surface area contributed by atoms with Crippen LogP contribution in [0.25, 0.3) is 0 Å². The molecule has 134 valence electrons. The molecule has 2 aromatic carbocycles. The van der Waals surface area contributed by atoms with Crippen molar-refractivity contribution in [2.75, 3.05) is 18.8 Å². The van der Waals surface area contributed by atoms with E-state index in [1.807, 2.05) is 18.2 Å². The molecule has 5 nitrogen and oxygen atoms in total. The molecule has 0 saturated carbocycles. The van der Waals surface area contributed by atoms with Crippen molar-refractivity contribution >= 4 is 29.5 Å². The van der Waals surface area contributed by atoms with Crippen LogP contribution in [0, 0.1) is 0 Å². The van der Waals surface area contributed by atoms with Crippen LogP contribution in [-0.4, -0.2) is 41.5 Å². The number of carbonyl (C=O) groups excluding carboxylic acids is 3. The fourth-order valence-corrected chi connectivity index (χ4v) is 3.61. The molecule has 1 N–H and O–H groups in total. The molecule has 1 heterocycles. The average molecular weight is 368 g/mol. The topological polar surface area (TPSA) is 66.5 Å². The minimum absolute atomic E-state index is 0.155. The van der Waals surface area contributed by atoms with Crippen LogP contribution in [0.3, 0.4) is 0 Å². The SMILES string of the molecule is O=C(CN1C(=O)Cc2ccccc2C1=O)NCCSCc1ccccc1. The number of benzene rings is 2. The van der Waals surface area contributed by atoms with Crippen LogP contribution in [0.5, 0.6) is 0 Å². The Hall–Kier alpha value is -2.60. The molecule has 3 amide bonds. The molecule has 1 aliphatic heterocycles. The first-order chi connectivity index (χ1) is 12.6. The molecule has 0 saturated heterocycles. The molecule has 3 rings (SSSR count). The number of carbonyl (C=O) groups is 3. The number of hydrogen-bond acceptors (Lipinski definition) is 4. The summed E-state index contributed by atoms with van der Waals surface area (Å²) >= 11 is 1.72. The van der Waals surface area contributed by atoms with Gasteiger partial charge in [0.05, 0.1) is 6.42 Å². The van der Waals surface area contributed by atoms with E-state index >= 15 is 0 Å². The Kier molecular flexibility index (Phi) is 6.07. The first-order valence-corrected chi connectivity index (χ1v) is 9.61. The molecule has 26 heavy (non-hydrogen) atoms. The van der Waals surface area contributed by atoms with Gasteiger partial charge in [-0.25, -0.2) is 0 Å². The summed E-state index contributed by atoms with van der Waals surface area (Å²) in [4.78, 5) is 37.7. The van der Waals surface area contributed by atoms with Crippen LogP contribution in [0.1, 0.15) is 21.5 Å². The van der Waals surface area contributed by atoms with Gasteiger partial charge in [0.25, 0.3) is 5.91 Å². The third-order valence-electron chi connectivity index (χ3n) is 4.12. The van der Waals surface area contributed by atoms with Crippen LogP contribution < -0.4 is 5.32 Å². The van der Waals surface area contributed by atoms with Crippen LogP contribution in [0.15, 0.2) is 54.6 Å². The average Bonchev–Trinajstić information content (AvgIpc) is 2.66. The van der Waals surface area contributed by atoms with Crippen LogP contribution in [0.4, 0.5) is 0 Å². The minimum atomic E-state index is -0.398. The van der Waals surface area contributed by atoms with Crippen LogP contribution in [-0.2, 0) is 21.8 Å². The Labute approximate surface area is 156 Å². The molecule has 0 aromatic heterocycles. The highest BCUT2D eigenvalue weighted by atomic mass is 32.2. The van der Waals surface area contributed by atoms with E-state index in [2.05, 4.69) is 17.4 Å². The summed E-state index contributed by atoms with van der Waals surface area (Å²) in [5.74, 6) is 0.612. The maximum atomic E-state index is 12.4. The molecule has 1 aliphatic rings. The number of hydrogen-bond donors (Lipinski definition) is 1. The van der Waals surface area contributed by atoms with Crippen molar-refractivity contribution in [3.63, 3.8) is 0 Å². The largest absolute Gasteiger partial charge is 0.354 e. The Bertz CT molecular complexity index is 808. The fraction of sp³-hybridized carbons (Fsp3) is 0.250. The molecule has 2 aromatic rings. The number of amides is 3. The third-order valence-corrected chi connectivity index (χ3v) is 5.15. The zero-order valence-corrected chi connectivity index (χ0v) is 15.1. The van der Waals surface area contributed by atoms with Gasteiger partial charge in [0.15, 0.2) is 0 Å². The quantitative estimate of drug-likeness (QED) is 0.601. The molecule has 0 fully saturated rings. The van der Waals surface area contributed by atoms with Crippen LogP contribution in [0.2, 0.25) is 0 Å². The fourth-order valence-electron chi connectivity index (χ4n) is 2.79. The molecule has 0 bridgehead atoms. The highest BCUT2D eigenvalue weighted by Gasteiger charge is 2.31. The summed E-state index contributed by atoms with van der Waals surface area (Å²) in [6, 6.07) is 17.1. The lowest BCUT2D eigenvalue weighted by Gasteiger charge is -2.26. The molecule has 0 unspecified atom stereocenters. The number of nitrogens with zero attached hydrogens (tertiary/aromatic N) is 1. The molecule has 0 spiro atoms. The Morgan fingerprint density at radius 2 is 1.77 bits per heavy atom. The second-order valence-corrected chi connectivity index (χ2v) is 7.11. The third kappa shape index (κ3) is 4.52. The van der Waals surface area contributed by atoms with E-state index in [1.54, 1.807) is 36.0 Å². The monoisotopic (exact) mass is 368 g/mol. The smallest absolute Gasteiger partial charge is 0.261 e. The summed E-state index contributed by atoms with van der Waals surface area (Å²) in [5, 5.41) is 2.78. The number of thioether (sulfide) groups is 1. The molecule has 0 aliphatic carbocycles. The van der Waals surface area contributed by atoms with Crippen molar-refractivity contribution in [2.24, 2.45) is 0 Å². The standard InChI is InChI=1S/C20H20N2O3S/c23-18(21-10-11-26-14-15-6-2-1-3-7-15)13-22-19(24)12-16-8-4-5-9-17(16)20(22)25/h1-9H,10-14H2,(H,21,23). The summed E-state index contributed by atoms with van der Waals surface area (Å²) in [5.41, 5.74) is 2.46. The van der Waals surface area contributed by atoms with E-state index in [4.69, 9.17) is 0 Å². The lowest BCUT2D eigenvalue weighted by Crippen LogP contribution is -2.47. The first-order valence-electron chi connectivity index (χ1n) is 8.46. The number of rotatable bonds is 7. The Balaban J connectivity index is 1.43. The lowest BCUT2D eigenvalue weighted by molar-refractivity contribution is -0.133. The first kappa shape index (κ1) is 18.2. The minimum Gasteiger partial charge on any atom is -0.354 e. The van der Waals surface area contributed by atoms with Crippen molar-refractivity contribution in [1.29, 1.82) is 0 Å². The zero-order chi connectivity index (χ0) is 18.4. The van der Waals surface area contributed by atoms with Gasteiger partial charge in [-0.2, -0.15) is 11.8 Å². The van der Waals surface area contributed by atoms with Gasteiger partial charge in [0.2, 0.25) is 11.8 Å². The number of imide groups is 1.